The van der Waals surface area contributed by atoms with Crippen molar-refractivity contribution in [3.8, 4) is 0 Å². The SMILES string of the molecule is C=C(C)C(=O)OCCn1cc[n+](CCCCCC)c1.F[B-](F)(F)F. The fraction of sp³-hybridized carbons (Fsp3) is 0.600. The van der Waals surface area contributed by atoms with Crippen LogP contribution in [0.4, 0.5) is 17.3 Å². The summed E-state index contributed by atoms with van der Waals surface area (Å²) in [7, 11) is -6.00. The Kier molecular flexibility index (Phi) is 10.8. The Balaban J connectivity index is 0.000000922. The van der Waals surface area contributed by atoms with E-state index in [-0.39, 0.29) is 5.97 Å². The third-order valence-electron chi connectivity index (χ3n) is 2.95. The van der Waals surface area contributed by atoms with Crippen molar-refractivity contribution in [2.45, 2.75) is 52.6 Å². The van der Waals surface area contributed by atoms with E-state index in [0.29, 0.717) is 18.7 Å². The molecule has 0 fully saturated rings. The van der Waals surface area contributed by atoms with Crippen LogP contribution >= 0.6 is 0 Å². The van der Waals surface area contributed by atoms with Gasteiger partial charge in [0.05, 0.1) is 6.54 Å². The number of imidazole rings is 1. The van der Waals surface area contributed by atoms with Crippen LogP contribution in [0.5, 0.6) is 0 Å². The zero-order valence-corrected chi connectivity index (χ0v) is 14.2. The first-order chi connectivity index (χ1) is 11.1. The maximum absolute atomic E-state index is 11.2. The molecule has 1 heterocycles. The summed E-state index contributed by atoms with van der Waals surface area (Å²) in [4.78, 5) is 11.2. The van der Waals surface area contributed by atoms with Crippen LogP contribution in [-0.2, 0) is 22.6 Å². The van der Waals surface area contributed by atoms with Gasteiger partial charge in [-0.2, -0.15) is 0 Å². The third-order valence-corrected chi connectivity index (χ3v) is 2.95. The number of nitrogens with zero attached hydrogens (tertiary/aromatic N) is 2. The van der Waals surface area contributed by atoms with Gasteiger partial charge in [0.1, 0.15) is 25.5 Å². The van der Waals surface area contributed by atoms with Crippen LogP contribution in [0.3, 0.4) is 0 Å². The Bertz CT molecular complexity index is 498. The van der Waals surface area contributed by atoms with Crippen LogP contribution in [0.15, 0.2) is 30.9 Å². The topological polar surface area (TPSA) is 35.1 Å². The highest BCUT2D eigenvalue weighted by molar-refractivity contribution is 6.50. The first kappa shape index (κ1) is 22.2. The normalized spacial score (nSPS) is 10.8. The molecule has 1 aromatic rings. The fourth-order valence-corrected chi connectivity index (χ4v) is 1.79. The van der Waals surface area contributed by atoms with Crippen LogP contribution < -0.4 is 4.57 Å². The van der Waals surface area contributed by atoms with Gasteiger partial charge in [-0.3, -0.25) is 0 Å². The second-order valence-corrected chi connectivity index (χ2v) is 5.36. The van der Waals surface area contributed by atoms with Crippen LogP contribution in [0, 0.1) is 0 Å². The molecule has 0 aliphatic rings. The maximum atomic E-state index is 11.2. The lowest BCUT2D eigenvalue weighted by Crippen LogP contribution is -2.31. The third kappa shape index (κ3) is 13.8. The lowest BCUT2D eigenvalue weighted by Gasteiger charge is -2.01. The van der Waals surface area contributed by atoms with Crippen molar-refractivity contribution in [1.29, 1.82) is 0 Å². The summed E-state index contributed by atoms with van der Waals surface area (Å²) in [5.41, 5.74) is 0.443. The molecule has 138 valence electrons. The molecule has 4 nitrogen and oxygen atoms in total. The van der Waals surface area contributed by atoms with E-state index in [1.54, 1.807) is 6.92 Å². The van der Waals surface area contributed by atoms with Gasteiger partial charge >= 0.3 is 13.2 Å². The monoisotopic (exact) mass is 352 g/mol. The van der Waals surface area contributed by atoms with Gasteiger partial charge in [-0.05, 0) is 19.8 Å². The van der Waals surface area contributed by atoms with Crippen molar-refractivity contribution in [2.24, 2.45) is 0 Å². The molecule has 0 aliphatic carbocycles. The second kappa shape index (κ2) is 11.7. The molecular weight excluding hydrogens is 327 g/mol. The molecule has 0 saturated carbocycles. The van der Waals surface area contributed by atoms with Gasteiger partial charge in [0, 0.05) is 5.57 Å². The minimum absolute atomic E-state index is 0.320. The summed E-state index contributed by atoms with van der Waals surface area (Å²) in [5.74, 6) is -0.320. The molecule has 1 aromatic heterocycles. The first-order valence-corrected chi connectivity index (χ1v) is 7.88. The molecule has 9 heteroatoms. The Labute approximate surface area is 140 Å². The molecule has 0 saturated heterocycles. The van der Waals surface area contributed by atoms with Gasteiger partial charge in [-0.1, -0.05) is 26.3 Å². The standard InChI is InChI=1S/C15H25N2O2.BF4/c1-4-5-6-7-8-16-9-10-17(13-16)11-12-19-15(18)14(2)3;2-1(3,4)5/h9-10,13H,2,4-8,11-12H2,1,3H3;/q+1;-1. The molecule has 0 aromatic carbocycles. The number of carbonyl (C=O) groups is 1. The number of aromatic nitrogens is 2. The van der Waals surface area contributed by atoms with Gasteiger partial charge in [0.15, 0.2) is 0 Å². The molecule has 0 radical (unpaired) electrons. The predicted octanol–water partition coefficient (Wildman–Crippen LogP) is 3.78. The highest BCUT2D eigenvalue weighted by Gasteiger charge is 2.20. The molecule has 0 bridgehead atoms. The summed E-state index contributed by atoms with van der Waals surface area (Å²) in [5, 5.41) is 0. The highest BCUT2D eigenvalue weighted by Crippen LogP contribution is 2.06. The van der Waals surface area contributed by atoms with Crippen molar-refractivity contribution in [2.75, 3.05) is 6.61 Å². The van der Waals surface area contributed by atoms with E-state index in [4.69, 9.17) is 4.74 Å². The Hall–Kier alpha value is -1.80. The number of carbonyl (C=O) groups excluding carboxylic acids is 1. The fourth-order valence-electron chi connectivity index (χ4n) is 1.79. The van der Waals surface area contributed by atoms with Crippen LogP contribution in [0.1, 0.15) is 39.5 Å². The number of unbranched alkanes of at least 4 members (excludes halogenated alkanes) is 3. The van der Waals surface area contributed by atoms with E-state index in [1.165, 1.54) is 25.7 Å². The minimum atomic E-state index is -6.00. The van der Waals surface area contributed by atoms with Gasteiger partial charge in [-0.25, -0.2) is 13.9 Å². The first-order valence-electron chi connectivity index (χ1n) is 7.88. The number of rotatable bonds is 9. The number of hydrogen-bond donors (Lipinski definition) is 0. The quantitative estimate of drug-likeness (QED) is 0.169. The van der Waals surface area contributed by atoms with E-state index in [2.05, 4.69) is 30.6 Å². The average Bonchev–Trinajstić information content (AvgIpc) is 2.89. The van der Waals surface area contributed by atoms with Gasteiger partial charge in [0.2, 0.25) is 6.33 Å². The predicted molar refractivity (Wildman–Crippen MR) is 84.7 cm³/mol. The van der Waals surface area contributed by atoms with Crippen molar-refractivity contribution >= 4 is 13.2 Å². The van der Waals surface area contributed by atoms with E-state index in [0.717, 1.165) is 6.54 Å². The second-order valence-electron chi connectivity index (χ2n) is 5.36. The van der Waals surface area contributed by atoms with Gasteiger partial charge < -0.3 is 22.0 Å². The maximum Gasteiger partial charge on any atom is 0.673 e. The molecule has 0 amide bonds. The number of esters is 1. The largest absolute Gasteiger partial charge is 0.673 e. The summed E-state index contributed by atoms with van der Waals surface area (Å²) in [6.07, 6.45) is 11.2. The van der Waals surface area contributed by atoms with Crippen molar-refractivity contribution < 1.29 is 31.4 Å². The summed E-state index contributed by atoms with van der Waals surface area (Å²) >= 11 is 0. The van der Waals surface area contributed by atoms with Crippen LogP contribution in [0.2, 0.25) is 0 Å². The van der Waals surface area contributed by atoms with Crippen LogP contribution in [0.25, 0.3) is 0 Å². The zero-order valence-electron chi connectivity index (χ0n) is 14.2. The van der Waals surface area contributed by atoms with Crippen LogP contribution in [-0.4, -0.2) is 24.4 Å². The van der Waals surface area contributed by atoms with Gasteiger partial charge in [-0.15, -0.1) is 0 Å². The average molecular weight is 352 g/mol. The number of ether oxygens (including phenoxy) is 1. The number of halogens is 4. The van der Waals surface area contributed by atoms with Crippen molar-refractivity contribution in [3.05, 3.63) is 30.9 Å². The smallest absolute Gasteiger partial charge is 0.458 e. The summed E-state index contributed by atoms with van der Waals surface area (Å²) in [6, 6.07) is 0. The van der Waals surface area contributed by atoms with E-state index >= 15 is 0 Å². The molecular formula is C15H25BF4N2O2. The molecule has 1 rings (SSSR count). The Morgan fingerprint density at radius 2 is 1.88 bits per heavy atom. The molecule has 0 unspecified atom stereocenters. The molecule has 0 aliphatic heterocycles. The summed E-state index contributed by atoms with van der Waals surface area (Å²) < 4.78 is 48.3. The molecule has 0 spiro atoms. The zero-order chi connectivity index (χ0) is 18.6. The Morgan fingerprint density at radius 3 is 2.42 bits per heavy atom. The molecule has 24 heavy (non-hydrogen) atoms. The Morgan fingerprint density at radius 1 is 1.25 bits per heavy atom. The highest BCUT2D eigenvalue weighted by atomic mass is 19.5. The minimum Gasteiger partial charge on any atom is -0.458 e. The molecule has 0 N–H and O–H groups in total. The lowest BCUT2D eigenvalue weighted by molar-refractivity contribution is -0.696. The number of hydrogen-bond acceptors (Lipinski definition) is 2. The van der Waals surface area contributed by atoms with Gasteiger partial charge in [0.25, 0.3) is 0 Å². The van der Waals surface area contributed by atoms with Crippen molar-refractivity contribution in [1.82, 2.24) is 4.57 Å². The van der Waals surface area contributed by atoms with E-state index < -0.39 is 7.25 Å². The lowest BCUT2D eigenvalue weighted by atomic mass is 10.2. The van der Waals surface area contributed by atoms with E-state index in [1.807, 2.05) is 10.8 Å². The number of aryl methyl sites for hydroxylation is 1. The van der Waals surface area contributed by atoms with Crippen molar-refractivity contribution in [3.63, 3.8) is 0 Å². The molecule has 0 atom stereocenters. The summed E-state index contributed by atoms with van der Waals surface area (Å²) in [6.45, 7) is 9.54. The van der Waals surface area contributed by atoms with E-state index in [9.17, 15) is 22.1 Å².